The van der Waals surface area contributed by atoms with Crippen LogP contribution in [0, 0.1) is 18.2 Å². The van der Waals surface area contributed by atoms with Gasteiger partial charge >= 0.3 is 0 Å². The van der Waals surface area contributed by atoms with E-state index in [4.69, 9.17) is 4.42 Å². The lowest BCUT2D eigenvalue weighted by Crippen LogP contribution is -2.24. The van der Waals surface area contributed by atoms with Gasteiger partial charge < -0.3 is 14.8 Å². The van der Waals surface area contributed by atoms with Gasteiger partial charge in [0.15, 0.2) is 5.76 Å². The Balaban J connectivity index is 1.89. The zero-order valence-corrected chi connectivity index (χ0v) is 13.4. The average Bonchev–Trinajstić information content (AvgIpc) is 2.77. The van der Waals surface area contributed by atoms with Crippen LogP contribution in [0.5, 0.6) is 0 Å². The van der Waals surface area contributed by atoms with Gasteiger partial charge in [-0.1, -0.05) is 13.8 Å². The smallest absolute Gasteiger partial charge is 0.291 e. The van der Waals surface area contributed by atoms with E-state index in [1.54, 1.807) is 6.92 Å². The van der Waals surface area contributed by atoms with Gasteiger partial charge in [-0.25, -0.2) is 4.39 Å². The fourth-order valence-electron chi connectivity index (χ4n) is 3.22. The molecule has 1 amide bonds. The van der Waals surface area contributed by atoms with Gasteiger partial charge in [-0.2, -0.15) is 0 Å². The number of hydrogen-bond donors (Lipinski definition) is 2. The molecule has 3 rings (SSSR count). The zero-order chi connectivity index (χ0) is 16.8. The summed E-state index contributed by atoms with van der Waals surface area (Å²) in [6.07, 6.45) is 0.702. The Hall–Kier alpha value is -2.14. The molecule has 5 heteroatoms. The SMILES string of the molecule is Cc1c(C(=O)Nc2ccc(F)cc2)oc2c1C(O)CC(C)(C)C2. The van der Waals surface area contributed by atoms with E-state index in [9.17, 15) is 14.3 Å². The Labute approximate surface area is 134 Å². The lowest BCUT2D eigenvalue weighted by atomic mass is 9.75. The minimum atomic E-state index is -0.620. The van der Waals surface area contributed by atoms with E-state index in [2.05, 4.69) is 19.2 Å². The largest absolute Gasteiger partial charge is 0.455 e. The van der Waals surface area contributed by atoms with Crippen molar-refractivity contribution in [3.05, 3.63) is 52.7 Å². The molecule has 0 radical (unpaired) electrons. The third-order valence-corrected chi connectivity index (χ3v) is 4.30. The van der Waals surface area contributed by atoms with E-state index in [-0.39, 0.29) is 17.0 Å². The van der Waals surface area contributed by atoms with E-state index in [0.717, 1.165) is 5.56 Å². The number of amides is 1. The van der Waals surface area contributed by atoms with Crippen molar-refractivity contribution < 1.29 is 18.7 Å². The first-order valence-corrected chi connectivity index (χ1v) is 7.64. The van der Waals surface area contributed by atoms with Crippen molar-refractivity contribution in [3.63, 3.8) is 0 Å². The van der Waals surface area contributed by atoms with Gasteiger partial charge in [0.1, 0.15) is 11.6 Å². The number of halogens is 1. The van der Waals surface area contributed by atoms with Crippen LogP contribution in [0.15, 0.2) is 28.7 Å². The van der Waals surface area contributed by atoms with Crippen LogP contribution < -0.4 is 5.32 Å². The highest BCUT2D eigenvalue weighted by atomic mass is 19.1. The van der Waals surface area contributed by atoms with Crippen molar-refractivity contribution in [2.75, 3.05) is 5.32 Å². The number of aliphatic hydroxyl groups excluding tert-OH is 1. The van der Waals surface area contributed by atoms with Crippen LogP contribution in [-0.2, 0) is 6.42 Å². The summed E-state index contributed by atoms with van der Waals surface area (Å²) in [6.45, 7) is 5.91. The molecule has 1 unspecified atom stereocenters. The molecule has 0 spiro atoms. The number of fused-ring (bicyclic) bond motifs is 1. The number of benzene rings is 1. The summed E-state index contributed by atoms with van der Waals surface area (Å²) in [7, 11) is 0. The van der Waals surface area contributed by atoms with E-state index >= 15 is 0 Å². The second-order valence-corrected chi connectivity index (χ2v) is 6.91. The average molecular weight is 317 g/mol. The fourth-order valence-corrected chi connectivity index (χ4v) is 3.22. The molecule has 0 saturated carbocycles. The monoisotopic (exact) mass is 317 g/mol. The van der Waals surface area contributed by atoms with Crippen LogP contribution in [0.25, 0.3) is 0 Å². The molecule has 1 aliphatic carbocycles. The maximum atomic E-state index is 12.9. The standard InChI is InChI=1S/C18H20FNO3/c1-10-15-13(21)8-18(2,3)9-14(15)23-16(10)17(22)20-12-6-4-11(19)5-7-12/h4-7,13,21H,8-9H2,1-3H3,(H,20,22). The molecule has 23 heavy (non-hydrogen) atoms. The van der Waals surface area contributed by atoms with Crippen LogP contribution in [0.2, 0.25) is 0 Å². The maximum Gasteiger partial charge on any atom is 0.291 e. The topological polar surface area (TPSA) is 62.5 Å². The third kappa shape index (κ3) is 3.01. The fraction of sp³-hybridized carbons (Fsp3) is 0.389. The molecule has 0 aliphatic heterocycles. The number of rotatable bonds is 2. The highest BCUT2D eigenvalue weighted by molar-refractivity contribution is 6.03. The molecule has 1 atom stereocenters. The summed E-state index contributed by atoms with van der Waals surface area (Å²) in [6, 6.07) is 5.54. The van der Waals surface area contributed by atoms with Gasteiger partial charge in [0.25, 0.3) is 5.91 Å². The Morgan fingerprint density at radius 1 is 1.35 bits per heavy atom. The normalized spacial score (nSPS) is 19.3. The summed E-state index contributed by atoms with van der Waals surface area (Å²) in [5, 5.41) is 13.0. The molecule has 1 aromatic carbocycles. The quantitative estimate of drug-likeness (QED) is 0.880. The molecule has 1 heterocycles. The van der Waals surface area contributed by atoms with Crippen molar-refractivity contribution in [3.8, 4) is 0 Å². The van der Waals surface area contributed by atoms with Crippen molar-refractivity contribution in [2.45, 2.75) is 39.7 Å². The predicted octanol–water partition coefficient (Wildman–Crippen LogP) is 3.99. The zero-order valence-electron chi connectivity index (χ0n) is 13.4. The summed E-state index contributed by atoms with van der Waals surface area (Å²) < 4.78 is 18.7. The van der Waals surface area contributed by atoms with Crippen molar-refractivity contribution in [2.24, 2.45) is 5.41 Å². The molecule has 122 valence electrons. The van der Waals surface area contributed by atoms with Crippen LogP contribution in [0.1, 0.15) is 53.8 Å². The number of anilines is 1. The first kappa shape index (κ1) is 15.7. The molecule has 0 bridgehead atoms. The minimum absolute atomic E-state index is 0.0680. The predicted molar refractivity (Wildman–Crippen MR) is 84.9 cm³/mol. The van der Waals surface area contributed by atoms with E-state index < -0.39 is 12.0 Å². The summed E-state index contributed by atoms with van der Waals surface area (Å²) in [5.74, 6) is 0.123. The summed E-state index contributed by atoms with van der Waals surface area (Å²) in [4.78, 5) is 12.4. The maximum absolute atomic E-state index is 12.9. The number of aliphatic hydroxyl groups is 1. The van der Waals surface area contributed by atoms with Gasteiger partial charge in [-0.15, -0.1) is 0 Å². The second kappa shape index (κ2) is 5.49. The molecule has 1 aliphatic rings. The lowest BCUT2D eigenvalue weighted by Gasteiger charge is -2.31. The van der Waals surface area contributed by atoms with E-state index in [1.807, 2.05) is 0 Å². The van der Waals surface area contributed by atoms with Crippen LogP contribution in [-0.4, -0.2) is 11.0 Å². The molecular formula is C18H20FNO3. The lowest BCUT2D eigenvalue weighted by molar-refractivity contribution is 0.0910. The van der Waals surface area contributed by atoms with E-state index in [0.29, 0.717) is 29.9 Å². The molecule has 0 fully saturated rings. The Morgan fingerprint density at radius 3 is 2.65 bits per heavy atom. The first-order valence-electron chi connectivity index (χ1n) is 7.64. The molecule has 2 aromatic rings. The molecule has 2 N–H and O–H groups in total. The van der Waals surface area contributed by atoms with Crippen molar-refractivity contribution >= 4 is 11.6 Å². The van der Waals surface area contributed by atoms with Gasteiger partial charge in [0.2, 0.25) is 0 Å². The minimum Gasteiger partial charge on any atom is -0.455 e. The third-order valence-electron chi connectivity index (χ3n) is 4.30. The number of carbonyl (C=O) groups excluding carboxylic acids is 1. The number of hydrogen-bond acceptors (Lipinski definition) is 3. The highest BCUT2D eigenvalue weighted by Crippen LogP contribution is 2.44. The molecule has 1 aromatic heterocycles. The highest BCUT2D eigenvalue weighted by Gasteiger charge is 2.37. The second-order valence-electron chi connectivity index (χ2n) is 6.91. The Morgan fingerprint density at radius 2 is 2.00 bits per heavy atom. The van der Waals surface area contributed by atoms with E-state index in [1.165, 1.54) is 24.3 Å². The Kier molecular flexibility index (Phi) is 3.76. The van der Waals surface area contributed by atoms with Crippen molar-refractivity contribution in [1.29, 1.82) is 0 Å². The van der Waals surface area contributed by atoms with Crippen molar-refractivity contribution in [1.82, 2.24) is 0 Å². The molecule has 4 nitrogen and oxygen atoms in total. The van der Waals surface area contributed by atoms with Gasteiger partial charge in [0.05, 0.1) is 6.10 Å². The first-order chi connectivity index (χ1) is 10.8. The van der Waals surface area contributed by atoms with Gasteiger partial charge in [-0.05, 0) is 43.0 Å². The van der Waals surface area contributed by atoms with Crippen LogP contribution in [0.3, 0.4) is 0 Å². The number of nitrogens with one attached hydrogen (secondary N) is 1. The summed E-state index contributed by atoms with van der Waals surface area (Å²) >= 11 is 0. The number of furan rings is 1. The molecule has 0 saturated heterocycles. The van der Waals surface area contributed by atoms with Gasteiger partial charge in [0, 0.05) is 23.2 Å². The van der Waals surface area contributed by atoms with Crippen LogP contribution in [0.4, 0.5) is 10.1 Å². The summed E-state index contributed by atoms with van der Waals surface area (Å²) in [5.41, 5.74) is 1.82. The number of carbonyl (C=O) groups is 1. The van der Waals surface area contributed by atoms with Crippen LogP contribution >= 0.6 is 0 Å². The van der Waals surface area contributed by atoms with Gasteiger partial charge in [-0.3, -0.25) is 4.79 Å². The Bertz CT molecular complexity index is 746. The molecular weight excluding hydrogens is 297 g/mol.